The summed E-state index contributed by atoms with van der Waals surface area (Å²) in [6.07, 6.45) is 1.18. The summed E-state index contributed by atoms with van der Waals surface area (Å²) in [5.41, 5.74) is 8.05. The summed E-state index contributed by atoms with van der Waals surface area (Å²) in [5, 5.41) is 0.879. The Morgan fingerprint density at radius 2 is 2.09 bits per heavy atom. The second-order valence-corrected chi connectivity index (χ2v) is 8.15. The molecule has 0 saturated carbocycles. The molecular weight excluding hydrogens is 382 g/mol. The molecule has 122 valence electrons. The standard InChI is InChI=1S/C14H16BrN5O2S/c1-3-20(23(2,21)22)7-11-18-12-9-6-8(15)4-5-10(9)17-14(16)13(12)19-11/h4-6H,3,7H2,1-2H3,(H2,16,17)(H,18,19). The number of nitrogen functional groups attached to an aromatic ring is 1. The predicted octanol–water partition coefficient (Wildman–Crippen LogP) is 2.24. The molecule has 0 saturated heterocycles. The van der Waals surface area contributed by atoms with Crippen LogP contribution in [0.2, 0.25) is 0 Å². The molecule has 0 aliphatic heterocycles. The summed E-state index contributed by atoms with van der Waals surface area (Å²) < 4.78 is 25.8. The quantitative estimate of drug-likeness (QED) is 0.701. The fraction of sp³-hybridized carbons (Fsp3) is 0.286. The van der Waals surface area contributed by atoms with E-state index in [0.29, 0.717) is 23.7 Å². The van der Waals surface area contributed by atoms with Gasteiger partial charge in [-0.15, -0.1) is 0 Å². The number of aromatic nitrogens is 3. The number of fused-ring (bicyclic) bond motifs is 3. The lowest BCUT2D eigenvalue weighted by Gasteiger charge is -2.15. The van der Waals surface area contributed by atoms with Gasteiger partial charge in [0.15, 0.2) is 5.82 Å². The summed E-state index contributed by atoms with van der Waals surface area (Å²) in [5.74, 6) is 0.855. The first-order valence-corrected chi connectivity index (χ1v) is 9.62. The van der Waals surface area contributed by atoms with E-state index in [4.69, 9.17) is 5.73 Å². The highest BCUT2D eigenvalue weighted by Gasteiger charge is 2.18. The van der Waals surface area contributed by atoms with Crippen molar-refractivity contribution in [2.24, 2.45) is 0 Å². The van der Waals surface area contributed by atoms with Crippen LogP contribution in [-0.2, 0) is 16.6 Å². The molecule has 23 heavy (non-hydrogen) atoms. The minimum Gasteiger partial charge on any atom is -0.382 e. The number of anilines is 1. The number of hydrogen-bond acceptors (Lipinski definition) is 5. The van der Waals surface area contributed by atoms with Gasteiger partial charge in [0.05, 0.1) is 23.8 Å². The number of halogens is 1. The maximum atomic E-state index is 11.7. The lowest BCUT2D eigenvalue weighted by Crippen LogP contribution is -2.29. The smallest absolute Gasteiger partial charge is 0.211 e. The molecule has 0 amide bonds. The zero-order valence-corrected chi connectivity index (χ0v) is 15.1. The lowest BCUT2D eigenvalue weighted by molar-refractivity contribution is 0.420. The fourth-order valence-corrected chi connectivity index (χ4v) is 3.68. The Labute approximate surface area is 142 Å². The van der Waals surface area contributed by atoms with Crippen molar-refractivity contribution in [1.29, 1.82) is 0 Å². The summed E-state index contributed by atoms with van der Waals surface area (Å²) in [6, 6.07) is 5.69. The third-order valence-corrected chi connectivity index (χ3v) is 5.43. The molecule has 2 aromatic heterocycles. The van der Waals surface area contributed by atoms with Crippen molar-refractivity contribution < 1.29 is 8.42 Å². The third-order valence-electron chi connectivity index (χ3n) is 3.61. The number of nitrogens with two attached hydrogens (primary N) is 1. The van der Waals surface area contributed by atoms with Crippen LogP contribution in [0.25, 0.3) is 21.9 Å². The van der Waals surface area contributed by atoms with Crippen LogP contribution < -0.4 is 5.73 Å². The molecule has 3 N–H and O–H groups in total. The van der Waals surface area contributed by atoms with Crippen molar-refractivity contribution in [2.45, 2.75) is 13.5 Å². The summed E-state index contributed by atoms with van der Waals surface area (Å²) in [6.45, 7) is 2.32. The van der Waals surface area contributed by atoms with Crippen LogP contribution in [0, 0.1) is 0 Å². The summed E-state index contributed by atoms with van der Waals surface area (Å²) in [4.78, 5) is 12.0. The van der Waals surface area contributed by atoms with Crippen molar-refractivity contribution in [1.82, 2.24) is 19.3 Å². The molecule has 2 heterocycles. The van der Waals surface area contributed by atoms with Gasteiger partial charge in [-0.1, -0.05) is 22.9 Å². The van der Waals surface area contributed by atoms with E-state index in [1.807, 2.05) is 18.2 Å². The molecule has 0 aliphatic rings. The second-order valence-electron chi connectivity index (χ2n) is 5.25. The van der Waals surface area contributed by atoms with Crippen molar-refractivity contribution >= 4 is 53.7 Å². The Bertz CT molecular complexity index is 999. The molecule has 0 spiro atoms. The van der Waals surface area contributed by atoms with E-state index < -0.39 is 10.0 Å². The minimum atomic E-state index is -3.29. The van der Waals surface area contributed by atoms with Gasteiger partial charge in [0.1, 0.15) is 11.3 Å². The molecule has 0 unspecified atom stereocenters. The van der Waals surface area contributed by atoms with E-state index in [9.17, 15) is 8.42 Å². The number of hydrogen-bond donors (Lipinski definition) is 2. The molecular formula is C14H16BrN5O2S. The van der Waals surface area contributed by atoms with E-state index in [1.54, 1.807) is 6.92 Å². The van der Waals surface area contributed by atoms with Crippen molar-refractivity contribution in [3.8, 4) is 0 Å². The Kier molecular flexibility index (Phi) is 4.03. The number of sulfonamides is 1. The number of benzene rings is 1. The Morgan fingerprint density at radius 3 is 2.74 bits per heavy atom. The largest absolute Gasteiger partial charge is 0.382 e. The first-order valence-electron chi connectivity index (χ1n) is 6.98. The topological polar surface area (TPSA) is 105 Å². The van der Waals surface area contributed by atoms with E-state index >= 15 is 0 Å². The van der Waals surface area contributed by atoms with Gasteiger partial charge >= 0.3 is 0 Å². The monoisotopic (exact) mass is 397 g/mol. The average molecular weight is 398 g/mol. The van der Waals surface area contributed by atoms with E-state index in [2.05, 4.69) is 30.9 Å². The molecule has 0 atom stereocenters. The van der Waals surface area contributed by atoms with Crippen LogP contribution >= 0.6 is 15.9 Å². The number of pyridine rings is 1. The van der Waals surface area contributed by atoms with Gasteiger partial charge < -0.3 is 10.7 Å². The van der Waals surface area contributed by atoms with E-state index in [0.717, 1.165) is 20.9 Å². The molecule has 0 fully saturated rings. The van der Waals surface area contributed by atoms with Gasteiger partial charge in [-0.2, -0.15) is 4.31 Å². The van der Waals surface area contributed by atoms with Gasteiger partial charge in [0, 0.05) is 16.4 Å². The van der Waals surface area contributed by atoms with Crippen LogP contribution in [0.4, 0.5) is 5.82 Å². The number of nitrogens with zero attached hydrogens (tertiary/aromatic N) is 3. The first kappa shape index (κ1) is 16.2. The number of rotatable bonds is 4. The van der Waals surface area contributed by atoms with Gasteiger partial charge in [-0.25, -0.2) is 18.4 Å². The highest BCUT2D eigenvalue weighted by Crippen LogP contribution is 2.28. The van der Waals surface area contributed by atoms with Gasteiger partial charge in [-0.05, 0) is 18.2 Å². The van der Waals surface area contributed by atoms with E-state index in [-0.39, 0.29) is 6.54 Å². The van der Waals surface area contributed by atoms with Crippen LogP contribution in [0.3, 0.4) is 0 Å². The van der Waals surface area contributed by atoms with Gasteiger partial charge in [0.25, 0.3) is 0 Å². The van der Waals surface area contributed by atoms with Crippen LogP contribution in [0.1, 0.15) is 12.7 Å². The van der Waals surface area contributed by atoms with Crippen molar-refractivity contribution in [2.75, 3.05) is 18.5 Å². The fourth-order valence-electron chi connectivity index (χ4n) is 2.50. The maximum absolute atomic E-state index is 11.7. The Morgan fingerprint density at radius 1 is 1.35 bits per heavy atom. The zero-order chi connectivity index (χ0) is 16.8. The third kappa shape index (κ3) is 3.04. The Hall–Kier alpha value is -1.71. The van der Waals surface area contributed by atoms with Gasteiger partial charge in [0.2, 0.25) is 10.0 Å². The summed E-state index contributed by atoms with van der Waals surface area (Å²) in [7, 11) is -3.29. The molecule has 0 bridgehead atoms. The molecule has 0 radical (unpaired) electrons. The van der Waals surface area contributed by atoms with Crippen molar-refractivity contribution in [3.05, 3.63) is 28.5 Å². The molecule has 9 heteroatoms. The normalized spacial score (nSPS) is 12.5. The number of H-pyrrole nitrogens is 1. The molecule has 3 aromatic rings. The van der Waals surface area contributed by atoms with Gasteiger partial charge in [-0.3, -0.25) is 0 Å². The number of imidazole rings is 1. The second kappa shape index (κ2) is 5.73. The predicted molar refractivity (Wildman–Crippen MR) is 94.4 cm³/mol. The highest BCUT2D eigenvalue weighted by atomic mass is 79.9. The summed E-state index contributed by atoms with van der Waals surface area (Å²) >= 11 is 3.44. The minimum absolute atomic E-state index is 0.166. The lowest BCUT2D eigenvalue weighted by atomic mass is 10.2. The highest BCUT2D eigenvalue weighted by molar-refractivity contribution is 9.10. The van der Waals surface area contributed by atoms with Crippen molar-refractivity contribution in [3.63, 3.8) is 0 Å². The first-order chi connectivity index (χ1) is 10.8. The SMILES string of the molecule is CCN(Cc1nc2c(N)nc3ccc(Br)cc3c2[nH]1)S(C)(=O)=O. The molecule has 0 aliphatic carbocycles. The van der Waals surface area contributed by atoms with E-state index in [1.165, 1.54) is 10.6 Å². The van der Waals surface area contributed by atoms with Crippen LogP contribution in [-0.4, -0.2) is 40.5 Å². The molecule has 3 rings (SSSR count). The number of nitrogens with one attached hydrogen (secondary N) is 1. The maximum Gasteiger partial charge on any atom is 0.211 e. The van der Waals surface area contributed by atoms with Crippen LogP contribution in [0.15, 0.2) is 22.7 Å². The molecule has 1 aromatic carbocycles. The average Bonchev–Trinajstić information content (AvgIpc) is 2.89. The Balaban J connectivity index is 2.16. The zero-order valence-electron chi connectivity index (χ0n) is 12.7. The number of aromatic amines is 1. The van der Waals surface area contributed by atoms with Crippen LogP contribution in [0.5, 0.6) is 0 Å². The molecule has 7 nitrogen and oxygen atoms in total.